The molecule has 0 saturated carbocycles. The molecule has 1 aromatic rings. The molecule has 1 heterocycles. The molecule has 0 aliphatic rings. The number of alkyl halides is 2. The molecule has 1 aromatic heterocycles. The minimum Gasteiger partial charge on any atom is -0.298 e. The summed E-state index contributed by atoms with van der Waals surface area (Å²) in [4.78, 5) is 17.0. The largest absolute Gasteiger partial charge is 0.298 e. The van der Waals surface area contributed by atoms with Crippen molar-refractivity contribution in [2.24, 2.45) is 0 Å². The molecule has 1 rings (SSSR count). The summed E-state index contributed by atoms with van der Waals surface area (Å²) in [5.74, 6) is -0.543. The Kier molecular flexibility index (Phi) is 2.42. The molecule has 5 heteroatoms. The van der Waals surface area contributed by atoms with Crippen molar-refractivity contribution < 1.29 is 13.6 Å². The van der Waals surface area contributed by atoms with Gasteiger partial charge in [-0.05, 0) is 6.92 Å². The van der Waals surface area contributed by atoms with Gasteiger partial charge in [0.05, 0.1) is 11.3 Å². The normalized spacial score (nSPS) is 10.3. The van der Waals surface area contributed by atoms with Gasteiger partial charge in [-0.3, -0.25) is 4.79 Å². The van der Waals surface area contributed by atoms with E-state index in [4.69, 9.17) is 0 Å². The van der Waals surface area contributed by atoms with Crippen LogP contribution in [0.5, 0.6) is 0 Å². The fourth-order valence-electron chi connectivity index (χ4n) is 0.715. The van der Waals surface area contributed by atoms with Crippen LogP contribution in [0.25, 0.3) is 0 Å². The number of carbonyl (C=O) groups is 1. The van der Waals surface area contributed by atoms with Crippen molar-refractivity contribution in [3.8, 4) is 0 Å². The fourth-order valence-corrected chi connectivity index (χ4v) is 0.715. The van der Waals surface area contributed by atoms with E-state index < -0.39 is 12.2 Å². The molecular weight excluding hydrogens is 166 g/mol. The zero-order valence-electron chi connectivity index (χ0n) is 6.29. The van der Waals surface area contributed by atoms with Gasteiger partial charge >= 0.3 is 0 Å². The minimum absolute atomic E-state index is 0.236. The van der Waals surface area contributed by atoms with Crippen LogP contribution in [0.15, 0.2) is 6.20 Å². The number of aromatic nitrogens is 2. The van der Waals surface area contributed by atoms with Crippen molar-refractivity contribution in [3.63, 3.8) is 0 Å². The number of aryl methyl sites for hydroxylation is 1. The summed E-state index contributed by atoms with van der Waals surface area (Å²) >= 11 is 0. The summed E-state index contributed by atoms with van der Waals surface area (Å²) in [6, 6.07) is 0. The first-order valence-corrected chi connectivity index (χ1v) is 3.22. The van der Waals surface area contributed by atoms with Gasteiger partial charge in [-0.25, -0.2) is 18.7 Å². The lowest BCUT2D eigenvalue weighted by Crippen LogP contribution is -2.00. The van der Waals surface area contributed by atoms with Gasteiger partial charge in [0, 0.05) is 6.20 Å². The van der Waals surface area contributed by atoms with E-state index in [2.05, 4.69) is 9.97 Å². The van der Waals surface area contributed by atoms with Crippen molar-refractivity contribution >= 4 is 6.29 Å². The van der Waals surface area contributed by atoms with Crippen molar-refractivity contribution in [1.29, 1.82) is 0 Å². The van der Waals surface area contributed by atoms with Crippen LogP contribution in [-0.2, 0) is 0 Å². The van der Waals surface area contributed by atoms with Gasteiger partial charge in [0.15, 0.2) is 12.1 Å². The van der Waals surface area contributed by atoms with Crippen molar-refractivity contribution in [3.05, 3.63) is 23.3 Å². The molecule has 0 aliphatic carbocycles. The summed E-state index contributed by atoms with van der Waals surface area (Å²) in [6.07, 6.45) is -1.06. The van der Waals surface area contributed by atoms with Gasteiger partial charge < -0.3 is 0 Å². The van der Waals surface area contributed by atoms with Gasteiger partial charge in [-0.2, -0.15) is 0 Å². The topological polar surface area (TPSA) is 42.9 Å². The van der Waals surface area contributed by atoms with E-state index in [0.29, 0.717) is 6.29 Å². The van der Waals surface area contributed by atoms with Crippen molar-refractivity contribution in [2.45, 2.75) is 13.3 Å². The molecule has 0 N–H and O–H groups in total. The Balaban J connectivity index is 3.10. The van der Waals surface area contributed by atoms with Crippen LogP contribution in [0.2, 0.25) is 0 Å². The highest BCUT2D eigenvalue weighted by Gasteiger charge is 2.11. The van der Waals surface area contributed by atoms with E-state index in [-0.39, 0.29) is 11.3 Å². The SMILES string of the molecule is Cc1nc(C(F)F)ncc1C=O. The lowest BCUT2D eigenvalue weighted by atomic mass is 10.3. The quantitative estimate of drug-likeness (QED) is 0.635. The summed E-state index contributed by atoms with van der Waals surface area (Å²) in [7, 11) is 0. The van der Waals surface area contributed by atoms with Crippen LogP contribution in [0.3, 0.4) is 0 Å². The maximum Gasteiger partial charge on any atom is 0.297 e. The van der Waals surface area contributed by atoms with Crippen LogP contribution < -0.4 is 0 Å². The van der Waals surface area contributed by atoms with Gasteiger partial charge in [-0.1, -0.05) is 0 Å². The molecule has 0 aliphatic heterocycles. The van der Waals surface area contributed by atoms with E-state index in [1.807, 2.05) is 0 Å². The summed E-state index contributed by atoms with van der Waals surface area (Å²) < 4.78 is 23.9. The van der Waals surface area contributed by atoms with Crippen LogP contribution >= 0.6 is 0 Å². The van der Waals surface area contributed by atoms with Gasteiger partial charge in [0.25, 0.3) is 6.43 Å². The second-order valence-corrected chi connectivity index (χ2v) is 2.19. The first-order valence-electron chi connectivity index (χ1n) is 3.22. The Morgan fingerprint density at radius 1 is 1.58 bits per heavy atom. The molecule has 0 amide bonds. The Labute approximate surface area is 67.5 Å². The first-order chi connectivity index (χ1) is 5.65. The number of rotatable bonds is 2. The average Bonchev–Trinajstić information content (AvgIpc) is 2.04. The second-order valence-electron chi connectivity index (χ2n) is 2.19. The lowest BCUT2D eigenvalue weighted by molar-refractivity contribution is 0.111. The smallest absolute Gasteiger partial charge is 0.297 e. The van der Waals surface area contributed by atoms with E-state index in [1.54, 1.807) is 0 Å². The van der Waals surface area contributed by atoms with Crippen LogP contribution in [-0.4, -0.2) is 16.3 Å². The molecule has 0 atom stereocenters. The molecule has 0 spiro atoms. The van der Waals surface area contributed by atoms with Crippen LogP contribution in [0.4, 0.5) is 8.78 Å². The number of aldehydes is 1. The molecule has 0 aromatic carbocycles. The van der Waals surface area contributed by atoms with E-state index in [1.165, 1.54) is 6.92 Å². The molecule has 64 valence electrons. The predicted molar refractivity (Wildman–Crippen MR) is 37.1 cm³/mol. The first kappa shape index (κ1) is 8.70. The van der Waals surface area contributed by atoms with Crippen LogP contribution in [0, 0.1) is 6.92 Å². The Morgan fingerprint density at radius 2 is 2.25 bits per heavy atom. The molecule has 0 fully saturated rings. The third kappa shape index (κ3) is 1.61. The van der Waals surface area contributed by atoms with E-state index in [9.17, 15) is 13.6 Å². The number of nitrogens with zero attached hydrogens (tertiary/aromatic N) is 2. The summed E-state index contributed by atoms with van der Waals surface area (Å²) in [5, 5.41) is 0. The Morgan fingerprint density at radius 3 is 2.67 bits per heavy atom. The molecular formula is C7H6F2N2O. The average molecular weight is 172 g/mol. The van der Waals surface area contributed by atoms with E-state index in [0.717, 1.165) is 6.20 Å². The van der Waals surface area contributed by atoms with E-state index >= 15 is 0 Å². The fraction of sp³-hybridized carbons (Fsp3) is 0.286. The number of hydrogen-bond donors (Lipinski definition) is 0. The monoisotopic (exact) mass is 172 g/mol. The number of halogens is 2. The molecule has 0 unspecified atom stereocenters. The molecule has 0 bridgehead atoms. The number of carbonyl (C=O) groups excluding carboxylic acids is 1. The minimum atomic E-state index is -2.69. The maximum absolute atomic E-state index is 12.0. The molecule has 0 saturated heterocycles. The standard InChI is InChI=1S/C7H6F2N2O/c1-4-5(3-12)2-10-7(11-4)6(8)9/h2-3,6H,1H3. The van der Waals surface area contributed by atoms with Crippen LogP contribution in [0.1, 0.15) is 28.3 Å². The number of hydrogen-bond acceptors (Lipinski definition) is 3. The zero-order valence-corrected chi connectivity index (χ0v) is 6.29. The van der Waals surface area contributed by atoms with Gasteiger partial charge in [0.2, 0.25) is 0 Å². The summed E-state index contributed by atoms with van der Waals surface area (Å²) in [6.45, 7) is 1.48. The van der Waals surface area contributed by atoms with Gasteiger partial charge in [-0.15, -0.1) is 0 Å². The molecule has 12 heavy (non-hydrogen) atoms. The Hall–Kier alpha value is -1.39. The maximum atomic E-state index is 12.0. The third-order valence-electron chi connectivity index (χ3n) is 1.36. The summed E-state index contributed by atoms with van der Waals surface area (Å²) in [5.41, 5.74) is 0.509. The van der Waals surface area contributed by atoms with Gasteiger partial charge in [0.1, 0.15) is 0 Å². The third-order valence-corrected chi connectivity index (χ3v) is 1.36. The zero-order chi connectivity index (χ0) is 9.14. The predicted octanol–water partition coefficient (Wildman–Crippen LogP) is 1.54. The highest BCUT2D eigenvalue weighted by atomic mass is 19.3. The van der Waals surface area contributed by atoms with Crippen molar-refractivity contribution in [2.75, 3.05) is 0 Å². The highest BCUT2D eigenvalue weighted by molar-refractivity contribution is 5.75. The second kappa shape index (κ2) is 3.34. The lowest BCUT2D eigenvalue weighted by Gasteiger charge is -2.00. The molecule has 0 radical (unpaired) electrons. The molecule has 3 nitrogen and oxygen atoms in total. The highest BCUT2D eigenvalue weighted by Crippen LogP contribution is 2.14. The Bertz CT molecular complexity index is 301. The van der Waals surface area contributed by atoms with Crippen molar-refractivity contribution in [1.82, 2.24) is 9.97 Å².